The minimum absolute atomic E-state index is 0.0141. The molecule has 1 aliphatic heterocycles. The summed E-state index contributed by atoms with van der Waals surface area (Å²) in [5.41, 5.74) is 2.13. The fourth-order valence-corrected chi connectivity index (χ4v) is 3.86. The largest absolute Gasteiger partial charge is 0.436 e. The highest BCUT2D eigenvalue weighted by atomic mass is 19.1. The molecule has 0 aliphatic carbocycles. The second kappa shape index (κ2) is 9.06. The Morgan fingerprint density at radius 3 is 2.76 bits per heavy atom. The van der Waals surface area contributed by atoms with Crippen molar-refractivity contribution < 1.29 is 9.13 Å². The molecule has 0 radical (unpaired) electrons. The molecule has 1 fully saturated rings. The number of nitrogens with one attached hydrogen (secondary N) is 3. The van der Waals surface area contributed by atoms with Crippen LogP contribution >= 0.6 is 0 Å². The number of benzene rings is 1. The zero-order valence-electron chi connectivity index (χ0n) is 18.8. The average Bonchev–Trinajstić information content (AvgIpc) is 3.42. The Balaban J connectivity index is 1.47. The lowest BCUT2D eigenvalue weighted by atomic mass is 10.2. The van der Waals surface area contributed by atoms with E-state index in [0.29, 0.717) is 34.2 Å². The van der Waals surface area contributed by atoms with Gasteiger partial charge < -0.3 is 24.8 Å². The second-order valence-electron chi connectivity index (χ2n) is 8.27. The van der Waals surface area contributed by atoms with E-state index in [9.17, 15) is 4.91 Å². The predicted octanol–water partition coefficient (Wildman–Crippen LogP) is 3.68. The van der Waals surface area contributed by atoms with Gasteiger partial charge in [0.2, 0.25) is 11.8 Å². The summed E-state index contributed by atoms with van der Waals surface area (Å²) in [5.74, 6) is 1.16. The summed E-state index contributed by atoms with van der Waals surface area (Å²) in [6.45, 7) is 5.10. The molecular weight excluding hydrogens is 441 g/mol. The minimum Gasteiger partial charge on any atom is -0.436 e. The lowest BCUT2D eigenvalue weighted by Crippen LogP contribution is -2.45. The van der Waals surface area contributed by atoms with Gasteiger partial charge in [-0.3, -0.25) is 5.10 Å². The highest BCUT2D eigenvalue weighted by molar-refractivity contribution is 5.82. The number of H-pyrrole nitrogens is 2. The van der Waals surface area contributed by atoms with Crippen LogP contribution in [-0.4, -0.2) is 63.3 Å². The van der Waals surface area contributed by atoms with E-state index in [1.165, 1.54) is 0 Å². The van der Waals surface area contributed by atoms with E-state index < -0.39 is 5.82 Å². The third kappa shape index (κ3) is 4.53. The highest BCUT2D eigenvalue weighted by Gasteiger charge is 2.20. The van der Waals surface area contributed by atoms with Crippen LogP contribution in [0.15, 0.2) is 35.5 Å². The summed E-state index contributed by atoms with van der Waals surface area (Å²) in [7, 11) is 2.07. The summed E-state index contributed by atoms with van der Waals surface area (Å²) in [6.07, 6.45) is 0. The maximum atomic E-state index is 15.1. The van der Waals surface area contributed by atoms with Crippen molar-refractivity contribution in [3.8, 4) is 11.6 Å². The normalized spacial score (nSPS) is 14.5. The summed E-state index contributed by atoms with van der Waals surface area (Å²) >= 11 is 0. The number of nitrogens with zero attached hydrogens (tertiary/aromatic N) is 6. The van der Waals surface area contributed by atoms with Crippen LogP contribution in [0.2, 0.25) is 0 Å². The molecule has 0 spiro atoms. The van der Waals surface area contributed by atoms with Crippen molar-refractivity contribution >= 4 is 28.5 Å². The monoisotopic (exact) mass is 465 g/mol. The Hall–Kier alpha value is -4.06. The van der Waals surface area contributed by atoms with E-state index in [2.05, 4.69) is 52.5 Å². The van der Waals surface area contributed by atoms with Gasteiger partial charge in [0.25, 0.3) is 0 Å². The number of ether oxygens (including phenoxy) is 1. The predicted molar refractivity (Wildman–Crippen MR) is 126 cm³/mol. The zero-order valence-corrected chi connectivity index (χ0v) is 18.8. The third-order valence-electron chi connectivity index (χ3n) is 5.65. The van der Waals surface area contributed by atoms with Crippen molar-refractivity contribution in [2.45, 2.75) is 13.5 Å². The Kier molecular flexibility index (Phi) is 5.80. The van der Waals surface area contributed by atoms with Gasteiger partial charge in [-0.05, 0) is 32.2 Å². The number of fused-ring (bicyclic) bond motifs is 1. The highest BCUT2D eigenvalue weighted by Crippen LogP contribution is 2.32. The van der Waals surface area contributed by atoms with E-state index in [1.54, 1.807) is 30.3 Å². The molecule has 176 valence electrons. The Bertz CT molecular complexity index is 1330. The number of aromatic amines is 2. The molecule has 0 amide bonds. The van der Waals surface area contributed by atoms with E-state index >= 15 is 4.39 Å². The first-order valence-corrected chi connectivity index (χ1v) is 10.9. The van der Waals surface area contributed by atoms with Gasteiger partial charge in [-0.25, -0.2) is 4.39 Å². The molecule has 5 rings (SSSR count). The molecule has 0 unspecified atom stereocenters. The van der Waals surface area contributed by atoms with Crippen LogP contribution in [0.3, 0.4) is 0 Å². The summed E-state index contributed by atoms with van der Waals surface area (Å²) in [6, 6.07) is 8.34. The third-order valence-corrected chi connectivity index (χ3v) is 5.65. The van der Waals surface area contributed by atoms with Gasteiger partial charge in [0.15, 0.2) is 17.4 Å². The van der Waals surface area contributed by atoms with Crippen molar-refractivity contribution in [1.82, 2.24) is 30.0 Å². The molecule has 1 aliphatic rings. The maximum absolute atomic E-state index is 15.1. The Labute approximate surface area is 194 Å². The van der Waals surface area contributed by atoms with Crippen LogP contribution in [0.1, 0.15) is 11.4 Å². The molecule has 11 nitrogen and oxygen atoms in total. The summed E-state index contributed by atoms with van der Waals surface area (Å²) in [5, 5.41) is 13.3. The molecule has 0 atom stereocenters. The average molecular weight is 465 g/mol. The molecule has 12 heteroatoms. The molecule has 3 N–H and O–H groups in total. The van der Waals surface area contributed by atoms with Gasteiger partial charge in [-0.2, -0.15) is 20.0 Å². The van der Waals surface area contributed by atoms with Gasteiger partial charge in [-0.1, -0.05) is 5.18 Å². The van der Waals surface area contributed by atoms with Gasteiger partial charge in [0.1, 0.15) is 12.4 Å². The molecule has 4 aromatic rings. The molecule has 0 saturated carbocycles. The van der Waals surface area contributed by atoms with Crippen LogP contribution in [0.25, 0.3) is 10.9 Å². The molecule has 34 heavy (non-hydrogen) atoms. The fourth-order valence-electron chi connectivity index (χ4n) is 3.86. The van der Waals surface area contributed by atoms with Crippen LogP contribution in [0.5, 0.6) is 11.6 Å². The van der Waals surface area contributed by atoms with Crippen molar-refractivity contribution in [1.29, 1.82) is 0 Å². The molecule has 1 saturated heterocycles. The number of aryl methyl sites for hydroxylation is 1. The van der Waals surface area contributed by atoms with Crippen LogP contribution in [0, 0.1) is 17.6 Å². The number of likely N-dealkylation sites (N-methyl/N-ethyl adjacent to an activating group) is 1. The number of piperazine rings is 1. The molecule has 1 aromatic carbocycles. The van der Waals surface area contributed by atoms with Crippen molar-refractivity contribution in [3.05, 3.63) is 52.4 Å². The summed E-state index contributed by atoms with van der Waals surface area (Å²) < 4.78 is 21.0. The van der Waals surface area contributed by atoms with Gasteiger partial charge in [0, 0.05) is 54.9 Å². The van der Waals surface area contributed by atoms with E-state index in [4.69, 9.17) is 4.74 Å². The van der Waals surface area contributed by atoms with Crippen molar-refractivity contribution in [2.24, 2.45) is 5.18 Å². The lowest BCUT2D eigenvalue weighted by Gasteiger charge is -2.32. The number of nitroso groups, excluding NO2 is 1. The van der Waals surface area contributed by atoms with Gasteiger partial charge in [-0.15, -0.1) is 0 Å². The first-order chi connectivity index (χ1) is 16.5. The van der Waals surface area contributed by atoms with Crippen molar-refractivity contribution in [2.75, 3.05) is 43.4 Å². The number of anilines is 3. The number of rotatable bonds is 7. The molecule has 0 bridgehead atoms. The Morgan fingerprint density at radius 1 is 1.15 bits per heavy atom. The van der Waals surface area contributed by atoms with Crippen LogP contribution < -0.4 is 15.0 Å². The quantitative estimate of drug-likeness (QED) is 0.353. The smallest absolute Gasteiger partial charge is 0.230 e. The standard InChI is InChI=1S/C22H24FN9O2/c1-13-9-15-16(25-13)3-4-17(21(15)23)34-20-11-18(26-19-10-14(12-24-33)29-30-19)27-22(28-20)32-7-5-31(2)6-8-32/h3-4,9-11,25H,5-8,12H2,1-2H3,(H2,26,27,28,29,30). The Morgan fingerprint density at radius 2 is 1.97 bits per heavy atom. The van der Waals surface area contributed by atoms with Crippen LogP contribution in [-0.2, 0) is 6.54 Å². The molecular formula is C22H24FN9O2. The SMILES string of the molecule is Cc1cc2c(F)c(Oc3cc(Nc4cc(CN=O)[nH]n4)nc(N4CCN(C)CC4)n3)ccc2[nH]1. The lowest BCUT2D eigenvalue weighted by molar-refractivity contribution is 0.310. The van der Waals surface area contributed by atoms with Gasteiger partial charge in [0.05, 0.1) is 5.69 Å². The summed E-state index contributed by atoms with van der Waals surface area (Å²) in [4.78, 5) is 27.1. The van der Waals surface area contributed by atoms with E-state index in [0.717, 1.165) is 31.9 Å². The maximum Gasteiger partial charge on any atom is 0.230 e. The van der Waals surface area contributed by atoms with Crippen molar-refractivity contribution in [3.63, 3.8) is 0 Å². The van der Waals surface area contributed by atoms with Crippen LogP contribution in [0.4, 0.5) is 22.0 Å². The topological polar surface area (TPSA) is 127 Å². The molecule has 3 aromatic heterocycles. The number of aromatic nitrogens is 5. The first kappa shape index (κ1) is 21.8. The minimum atomic E-state index is -0.463. The number of hydrogen-bond donors (Lipinski definition) is 3. The van der Waals surface area contributed by atoms with E-state index in [-0.39, 0.29) is 18.2 Å². The zero-order chi connectivity index (χ0) is 23.7. The second-order valence-corrected chi connectivity index (χ2v) is 8.27. The van der Waals surface area contributed by atoms with Gasteiger partial charge >= 0.3 is 0 Å². The number of halogens is 1. The fraction of sp³-hybridized carbons (Fsp3) is 0.318. The van der Waals surface area contributed by atoms with E-state index in [1.807, 2.05) is 6.92 Å². The first-order valence-electron chi connectivity index (χ1n) is 10.9. The molecule has 4 heterocycles. The number of hydrogen-bond acceptors (Lipinski definition) is 9.